The van der Waals surface area contributed by atoms with Gasteiger partial charge in [0.05, 0.1) is 12.2 Å². The molecule has 130 valence electrons. The fourth-order valence-electron chi connectivity index (χ4n) is 3.01. The van der Waals surface area contributed by atoms with Crippen LogP contribution in [-0.2, 0) is 6.54 Å². The molecule has 0 atom stereocenters. The third-order valence-electron chi connectivity index (χ3n) is 4.34. The van der Waals surface area contributed by atoms with E-state index in [9.17, 15) is 0 Å². The van der Waals surface area contributed by atoms with Gasteiger partial charge in [-0.05, 0) is 26.7 Å². The molecule has 5 nitrogen and oxygen atoms in total. The van der Waals surface area contributed by atoms with Gasteiger partial charge in [-0.25, -0.2) is 0 Å². The van der Waals surface area contributed by atoms with Gasteiger partial charge < -0.3 is 14.7 Å². The van der Waals surface area contributed by atoms with Gasteiger partial charge in [0, 0.05) is 42.6 Å². The molecule has 0 amide bonds. The van der Waals surface area contributed by atoms with Gasteiger partial charge in [-0.1, -0.05) is 19.0 Å². The molecule has 23 heavy (non-hydrogen) atoms. The first-order valence-electron chi connectivity index (χ1n) is 8.54. The minimum Gasteiger partial charge on any atom is -0.359 e. The first-order valence-corrected chi connectivity index (χ1v) is 9.52. The summed E-state index contributed by atoms with van der Waals surface area (Å²) in [5, 5.41) is 7.64. The Morgan fingerprint density at radius 2 is 2.22 bits per heavy atom. The molecular weight excluding hydrogens is 308 g/mol. The normalized spacial score (nSPS) is 18.5. The Balaban J connectivity index is 1.93. The fraction of sp³-hybridized carbons (Fsp3) is 0.765. The summed E-state index contributed by atoms with van der Waals surface area (Å²) in [5.41, 5.74) is 1.07. The zero-order valence-electron chi connectivity index (χ0n) is 15.1. The lowest BCUT2D eigenvalue weighted by Gasteiger charge is -2.39. The summed E-state index contributed by atoms with van der Waals surface area (Å²) < 4.78 is 5.75. The Morgan fingerprint density at radius 1 is 1.48 bits per heavy atom. The number of hydrogen-bond donors (Lipinski definition) is 1. The highest BCUT2D eigenvalue weighted by Crippen LogP contribution is 2.29. The van der Waals surface area contributed by atoms with E-state index < -0.39 is 0 Å². The number of nitrogens with one attached hydrogen (secondary N) is 1. The number of hydrogen-bond acceptors (Lipinski definition) is 4. The second-order valence-electron chi connectivity index (χ2n) is 6.66. The van der Waals surface area contributed by atoms with Crippen LogP contribution in [0.5, 0.6) is 0 Å². The number of guanidine groups is 1. The van der Waals surface area contributed by atoms with Crippen molar-refractivity contribution in [2.75, 3.05) is 25.9 Å². The van der Waals surface area contributed by atoms with E-state index in [2.05, 4.69) is 54.1 Å². The SMILES string of the molecule is CCC(CC)c1cc(CNC(=NC)N2CCSC(C)(C)C2)on1. The Kier molecular flexibility index (Phi) is 6.39. The van der Waals surface area contributed by atoms with Crippen molar-refractivity contribution < 1.29 is 4.52 Å². The lowest BCUT2D eigenvalue weighted by Crippen LogP contribution is -2.50. The Morgan fingerprint density at radius 3 is 2.83 bits per heavy atom. The smallest absolute Gasteiger partial charge is 0.194 e. The van der Waals surface area contributed by atoms with Crippen LogP contribution in [0.1, 0.15) is 57.9 Å². The molecule has 1 N–H and O–H groups in total. The Bertz CT molecular complexity index is 522. The molecule has 0 saturated carbocycles. The van der Waals surface area contributed by atoms with Gasteiger partial charge in [0.2, 0.25) is 0 Å². The van der Waals surface area contributed by atoms with Crippen LogP contribution in [0.3, 0.4) is 0 Å². The van der Waals surface area contributed by atoms with Crippen LogP contribution in [0.4, 0.5) is 0 Å². The molecule has 1 aromatic rings. The second-order valence-corrected chi connectivity index (χ2v) is 8.46. The van der Waals surface area contributed by atoms with E-state index >= 15 is 0 Å². The van der Waals surface area contributed by atoms with Gasteiger partial charge in [-0.15, -0.1) is 0 Å². The van der Waals surface area contributed by atoms with Gasteiger partial charge in [0.1, 0.15) is 0 Å². The summed E-state index contributed by atoms with van der Waals surface area (Å²) in [6.45, 7) is 11.6. The molecule has 0 radical (unpaired) electrons. The van der Waals surface area contributed by atoms with Gasteiger partial charge in [-0.2, -0.15) is 11.8 Å². The molecule has 1 fully saturated rings. The molecule has 0 aromatic carbocycles. The van der Waals surface area contributed by atoms with Crippen LogP contribution in [0, 0.1) is 0 Å². The highest BCUT2D eigenvalue weighted by Gasteiger charge is 2.28. The van der Waals surface area contributed by atoms with E-state index in [4.69, 9.17) is 4.52 Å². The number of aliphatic imine (C=N–C) groups is 1. The molecular formula is C17H30N4OS. The highest BCUT2D eigenvalue weighted by atomic mass is 32.2. The minimum absolute atomic E-state index is 0.269. The molecule has 0 aliphatic carbocycles. The van der Waals surface area contributed by atoms with Crippen molar-refractivity contribution in [2.24, 2.45) is 4.99 Å². The second kappa shape index (κ2) is 8.08. The average molecular weight is 339 g/mol. The summed E-state index contributed by atoms with van der Waals surface area (Å²) in [7, 11) is 1.84. The van der Waals surface area contributed by atoms with E-state index in [1.807, 2.05) is 18.8 Å². The third-order valence-corrected chi connectivity index (χ3v) is 5.64. The lowest BCUT2D eigenvalue weighted by atomic mass is 9.99. The van der Waals surface area contributed by atoms with Crippen LogP contribution in [0.2, 0.25) is 0 Å². The van der Waals surface area contributed by atoms with Crippen LogP contribution in [0.25, 0.3) is 0 Å². The Labute approximate surface area is 144 Å². The molecule has 6 heteroatoms. The van der Waals surface area contributed by atoms with Crippen molar-refractivity contribution in [3.8, 4) is 0 Å². The van der Waals surface area contributed by atoms with Crippen molar-refractivity contribution in [3.05, 3.63) is 17.5 Å². The zero-order chi connectivity index (χ0) is 16.9. The lowest BCUT2D eigenvalue weighted by molar-refractivity contribution is 0.355. The highest BCUT2D eigenvalue weighted by molar-refractivity contribution is 8.00. The third kappa shape index (κ3) is 4.90. The standard InChI is InChI=1S/C17H30N4OS/c1-6-13(7-2)15-10-14(22-20-15)11-19-16(18-5)21-8-9-23-17(3,4)12-21/h10,13H,6-9,11-12H2,1-5H3,(H,18,19). The molecule has 2 rings (SSSR count). The molecule has 1 aromatic heterocycles. The summed E-state index contributed by atoms with van der Waals surface area (Å²) in [6.07, 6.45) is 2.19. The molecule has 0 bridgehead atoms. The quantitative estimate of drug-likeness (QED) is 0.658. The largest absolute Gasteiger partial charge is 0.359 e. The van der Waals surface area contributed by atoms with Gasteiger partial charge in [0.15, 0.2) is 11.7 Å². The topological polar surface area (TPSA) is 53.7 Å². The summed E-state index contributed by atoms with van der Waals surface area (Å²) in [5.74, 6) is 3.44. The van der Waals surface area contributed by atoms with Crippen molar-refractivity contribution in [1.29, 1.82) is 0 Å². The van der Waals surface area contributed by atoms with Gasteiger partial charge >= 0.3 is 0 Å². The van der Waals surface area contributed by atoms with Crippen molar-refractivity contribution in [1.82, 2.24) is 15.4 Å². The van der Waals surface area contributed by atoms with E-state index in [1.54, 1.807) is 0 Å². The summed E-state index contributed by atoms with van der Waals surface area (Å²) >= 11 is 2.03. The molecule has 0 spiro atoms. The van der Waals surface area contributed by atoms with Crippen molar-refractivity contribution >= 4 is 17.7 Å². The molecule has 2 heterocycles. The first-order chi connectivity index (χ1) is 11.0. The van der Waals surface area contributed by atoms with E-state index in [-0.39, 0.29) is 4.75 Å². The van der Waals surface area contributed by atoms with E-state index in [0.717, 1.165) is 49.1 Å². The van der Waals surface area contributed by atoms with Crippen LogP contribution < -0.4 is 5.32 Å². The molecule has 1 saturated heterocycles. The number of aromatic nitrogens is 1. The van der Waals surface area contributed by atoms with Gasteiger partial charge in [0.25, 0.3) is 0 Å². The minimum atomic E-state index is 0.269. The fourth-order valence-corrected chi connectivity index (χ4v) is 4.12. The predicted molar refractivity (Wildman–Crippen MR) is 98.1 cm³/mol. The van der Waals surface area contributed by atoms with Crippen LogP contribution in [-0.4, -0.2) is 46.7 Å². The van der Waals surface area contributed by atoms with Crippen molar-refractivity contribution in [2.45, 2.75) is 57.7 Å². The maximum absolute atomic E-state index is 5.48. The number of thioether (sulfide) groups is 1. The van der Waals surface area contributed by atoms with Crippen LogP contribution >= 0.6 is 11.8 Å². The van der Waals surface area contributed by atoms with E-state index in [1.165, 1.54) is 0 Å². The summed E-state index contributed by atoms with van der Waals surface area (Å²) in [4.78, 5) is 6.75. The first kappa shape index (κ1) is 18.2. The predicted octanol–water partition coefficient (Wildman–Crippen LogP) is 3.48. The van der Waals surface area contributed by atoms with E-state index in [0.29, 0.717) is 12.5 Å². The van der Waals surface area contributed by atoms with Gasteiger partial charge in [-0.3, -0.25) is 4.99 Å². The maximum atomic E-state index is 5.48. The average Bonchev–Trinajstić information content (AvgIpc) is 2.97. The molecule has 1 aliphatic heterocycles. The molecule has 0 unspecified atom stereocenters. The Hall–Kier alpha value is -1.17. The summed E-state index contributed by atoms with van der Waals surface area (Å²) in [6, 6.07) is 2.08. The number of nitrogens with zero attached hydrogens (tertiary/aromatic N) is 3. The maximum Gasteiger partial charge on any atom is 0.194 e. The van der Waals surface area contributed by atoms with Crippen molar-refractivity contribution in [3.63, 3.8) is 0 Å². The van der Waals surface area contributed by atoms with Crippen LogP contribution in [0.15, 0.2) is 15.6 Å². The zero-order valence-corrected chi connectivity index (χ0v) is 15.9. The molecule has 1 aliphatic rings. The number of rotatable bonds is 5. The monoisotopic (exact) mass is 338 g/mol.